The van der Waals surface area contributed by atoms with Gasteiger partial charge in [0, 0.05) is 19.0 Å². The molecule has 0 saturated carbocycles. The Labute approximate surface area is 151 Å². The second kappa shape index (κ2) is 12.4. The molecule has 0 saturated heterocycles. The van der Waals surface area contributed by atoms with E-state index in [9.17, 15) is 4.79 Å². The largest absolute Gasteiger partial charge is 0.497 e. The van der Waals surface area contributed by atoms with Gasteiger partial charge in [-0.25, -0.2) is 0 Å². The molecule has 0 bridgehead atoms. The summed E-state index contributed by atoms with van der Waals surface area (Å²) in [6.45, 7) is 2.48. The second-order valence-corrected chi connectivity index (χ2v) is 5.58. The summed E-state index contributed by atoms with van der Waals surface area (Å²) in [5.41, 5.74) is 6.78. The lowest BCUT2D eigenvalue weighted by Crippen LogP contribution is -2.35. The van der Waals surface area contributed by atoms with Gasteiger partial charge in [-0.2, -0.15) is 0 Å². The minimum absolute atomic E-state index is 0. The Morgan fingerprint density at radius 2 is 2.00 bits per heavy atom. The summed E-state index contributed by atoms with van der Waals surface area (Å²) in [5, 5.41) is 2.98. The number of rotatable bonds is 8. The van der Waals surface area contributed by atoms with Gasteiger partial charge in [-0.3, -0.25) is 4.79 Å². The van der Waals surface area contributed by atoms with E-state index in [2.05, 4.69) is 10.2 Å². The molecule has 0 fully saturated rings. The predicted molar refractivity (Wildman–Crippen MR) is 99.8 cm³/mol. The van der Waals surface area contributed by atoms with E-state index in [1.54, 1.807) is 7.11 Å². The predicted octanol–water partition coefficient (Wildman–Crippen LogP) is 2.39. The molecular weight excluding hydrogens is 337 g/mol. The molecule has 0 aliphatic rings. The molecule has 7 heteroatoms. The summed E-state index contributed by atoms with van der Waals surface area (Å²) in [6.07, 6.45) is 1.17. The van der Waals surface area contributed by atoms with Gasteiger partial charge in [-0.1, -0.05) is 12.1 Å². The maximum atomic E-state index is 11.8. The van der Waals surface area contributed by atoms with Gasteiger partial charge in [0.2, 0.25) is 5.91 Å². The van der Waals surface area contributed by atoms with Crippen LogP contribution >= 0.6 is 24.8 Å². The van der Waals surface area contributed by atoms with Crippen molar-refractivity contribution in [2.45, 2.75) is 31.8 Å². The smallest absolute Gasteiger partial charge is 0.220 e. The first-order valence-corrected chi connectivity index (χ1v) is 7.26. The molecule has 23 heavy (non-hydrogen) atoms. The normalized spacial score (nSPS) is 12.6. The molecule has 2 atom stereocenters. The van der Waals surface area contributed by atoms with E-state index in [1.165, 1.54) is 0 Å². The molecule has 5 nitrogen and oxygen atoms in total. The van der Waals surface area contributed by atoms with Crippen LogP contribution in [0.3, 0.4) is 0 Å². The zero-order valence-corrected chi connectivity index (χ0v) is 15.9. The van der Waals surface area contributed by atoms with Crippen LogP contribution in [0.25, 0.3) is 0 Å². The Morgan fingerprint density at radius 1 is 1.35 bits per heavy atom. The molecule has 3 N–H and O–H groups in total. The monoisotopic (exact) mass is 365 g/mol. The number of carbonyl (C=O) groups is 1. The standard InChI is InChI=1S/C16H27N3O2.2ClH/c1-12(17)8-9-16(20)18-11-15(19(2)3)13-6-5-7-14(10-13)21-4;;/h5-7,10,12,15H,8-9,11,17H2,1-4H3,(H,18,20);2*1H. The number of likely N-dealkylation sites (N-methyl/N-ethyl adjacent to an activating group) is 1. The van der Waals surface area contributed by atoms with Crippen LogP contribution in [0.4, 0.5) is 0 Å². The van der Waals surface area contributed by atoms with Gasteiger partial charge in [0.25, 0.3) is 0 Å². The summed E-state index contributed by atoms with van der Waals surface area (Å²) < 4.78 is 5.26. The zero-order chi connectivity index (χ0) is 15.8. The Kier molecular flexibility index (Phi) is 13.1. The quantitative estimate of drug-likeness (QED) is 0.741. The van der Waals surface area contributed by atoms with Gasteiger partial charge in [0.1, 0.15) is 5.75 Å². The summed E-state index contributed by atoms with van der Waals surface area (Å²) in [4.78, 5) is 13.9. The van der Waals surface area contributed by atoms with Gasteiger partial charge in [0.05, 0.1) is 13.2 Å². The fourth-order valence-electron chi connectivity index (χ4n) is 2.11. The van der Waals surface area contributed by atoms with Crippen molar-refractivity contribution < 1.29 is 9.53 Å². The van der Waals surface area contributed by atoms with Crippen molar-refractivity contribution in [3.05, 3.63) is 29.8 Å². The van der Waals surface area contributed by atoms with Gasteiger partial charge < -0.3 is 20.7 Å². The third kappa shape index (κ3) is 9.01. The number of carbonyl (C=O) groups excluding carboxylic acids is 1. The molecule has 134 valence electrons. The van der Waals surface area contributed by atoms with Crippen LogP contribution in [-0.4, -0.2) is 44.6 Å². The number of nitrogens with one attached hydrogen (secondary N) is 1. The van der Waals surface area contributed by atoms with Crippen molar-refractivity contribution in [3.8, 4) is 5.75 Å². The molecule has 0 aliphatic carbocycles. The zero-order valence-electron chi connectivity index (χ0n) is 14.2. The molecule has 0 aromatic heterocycles. The van der Waals surface area contributed by atoms with Crippen molar-refractivity contribution in [1.29, 1.82) is 0 Å². The number of methoxy groups -OCH3 is 1. The van der Waals surface area contributed by atoms with E-state index < -0.39 is 0 Å². The third-order valence-corrected chi connectivity index (χ3v) is 3.42. The fraction of sp³-hybridized carbons (Fsp3) is 0.562. The Balaban J connectivity index is 0. The highest BCUT2D eigenvalue weighted by Gasteiger charge is 2.16. The second-order valence-electron chi connectivity index (χ2n) is 5.58. The van der Waals surface area contributed by atoms with E-state index in [0.29, 0.717) is 19.4 Å². The lowest BCUT2D eigenvalue weighted by Gasteiger charge is -2.25. The summed E-state index contributed by atoms with van der Waals surface area (Å²) in [5.74, 6) is 0.865. The maximum absolute atomic E-state index is 11.8. The molecule has 0 aliphatic heterocycles. The highest BCUT2D eigenvalue weighted by molar-refractivity contribution is 5.85. The molecule has 1 rings (SSSR count). The summed E-state index contributed by atoms with van der Waals surface area (Å²) in [6, 6.07) is 8.08. The lowest BCUT2D eigenvalue weighted by atomic mass is 10.1. The number of ether oxygens (including phenoxy) is 1. The molecular formula is C16H29Cl2N3O2. The van der Waals surface area contributed by atoms with Crippen LogP contribution < -0.4 is 15.8 Å². The van der Waals surface area contributed by atoms with Crippen molar-refractivity contribution >= 4 is 30.7 Å². The molecule has 2 unspecified atom stereocenters. The number of halogens is 2. The average Bonchev–Trinajstić information content (AvgIpc) is 2.45. The summed E-state index contributed by atoms with van der Waals surface area (Å²) >= 11 is 0. The number of hydrogen-bond donors (Lipinski definition) is 2. The lowest BCUT2D eigenvalue weighted by molar-refractivity contribution is -0.121. The van der Waals surface area contributed by atoms with E-state index in [0.717, 1.165) is 11.3 Å². The number of nitrogens with zero attached hydrogens (tertiary/aromatic N) is 1. The SMILES string of the molecule is COc1cccc(C(CNC(=O)CCC(C)N)N(C)C)c1.Cl.Cl. The molecule has 0 radical (unpaired) electrons. The van der Waals surface area contributed by atoms with Crippen LogP contribution in [0.1, 0.15) is 31.4 Å². The Bertz CT molecular complexity index is 457. The van der Waals surface area contributed by atoms with Crippen molar-refractivity contribution in [3.63, 3.8) is 0 Å². The fourth-order valence-corrected chi connectivity index (χ4v) is 2.11. The molecule has 0 heterocycles. The van der Waals surface area contributed by atoms with E-state index >= 15 is 0 Å². The van der Waals surface area contributed by atoms with E-state index in [-0.39, 0.29) is 42.8 Å². The molecule has 1 aromatic rings. The van der Waals surface area contributed by atoms with Gasteiger partial charge in [0.15, 0.2) is 0 Å². The Morgan fingerprint density at radius 3 is 2.52 bits per heavy atom. The first kappa shape index (κ1) is 24.2. The van der Waals surface area contributed by atoms with Crippen LogP contribution in [0, 0.1) is 0 Å². The van der Waals surface area contributed by atoms with Crippen molar-refractivity contribution in [2.75, 3.05) is 27.7 Å². The van der Waals surface area contributed by atoms with Crippen LogP contribution in [-0.2, 0) is 4.79 Å². The molecule has 1 aromatic carbocycles. The Hall–Kier alpha value is -1.01. The van der Waals surface area contributed by atoms with Gasteiger partial charge in [-0.05, 0) is 45.1 Å². The van der Waals surface area contributed by atoms with Gasteiger partial charge in [-0.15, -0.1) is 24.8 Å². The van der Waals surface area contributed by atoms with Crippen LogP contribution in [0.15, 0.2) is 24.3 Å². The van der Waals surface area contributed by atoms with Gasteiger partial charge >= 0.3 is 0 Å². The number of nitrogens with two attached hydrogens (primary N) is 1. The van der Waals surface area contributed by atoms with E-state index in [1.807, 2.05) is 45.3 Å². The minimum Gasteiger partial charge on any atom is -0.497 e. The minimum atomic E-state index is 0. The third-order valence-electron chi connectivity index (χ3n) is 3.42. The highest BCUT2D eigenvalue weighted by Crippen LogP contribution is 2.22. The van der Waals surface area contributed by atoms with Crippen LogP contribution in [0.5, 0.6) is 5.75 Å². The number of hydrogen-bond acceptors (Lipinski definition) is 4. The summed E-state index contributed by atoms with van der Waals surface area (Å²) in [7, 11) is 5.65. The molecule has 0 spiro atoms. The number of benzene rings is 1. The van der Waals surface area contributed by atoms with Crippen LogP contribution in [0.2, 0.25) is 0 Å². The average molecular weight is 366 g/mol. The highest BCUT2D eigenvalue weighted by atomic mass is 35.5. The van der Waals surface area contributed by atoms with E-state index in [4.69, 9.17) is 10.5 Å². The van der Waals surface area contributed by atoms with Crippen molar-refractivity contribution in [1.82, 2.24) is 10.2 Å². The number of amides is 1. The molecule has 1 amide bonds. The first-order valence-electron chi connectivity index (χ1n) is 7.26. The van der Waals surface area contributed by atoms with Crippen molar-refractivity contribution in [2.24, 2.45) is 5.73 Å². The topological polar surface area (TPSA) is 67.6 Å². The maximum Gasteiger partial charge on any atom is 0.220 e. The first-order chi connectivity index (χ1) is 9.93.